The summed E-state index contributed by atoms with van der Waals surface area (Å²) in [4.78, 5) is 0. The third-order valence-corrected chi connectivity index (χ3v) is 3.44. The highest BCUT2D eigenvalue weighted by molar-refractivity contribution is 5.13. The topological polar surface area (TPSA) is 27.7 Å². The van der Waals surface area contributed by atoms with Crippen molar-refractivity contribution < 1.29 is 14.2 Å². The molecule has 0 spiro atoms. The molecule has 0 aromatic heterocycles. The van der Waals surface area contributed by atoms with E-state index in [2.05, 4.69) is 18.1 Å². The lowest BCUT2D eigenvalue weighted by atomic mass is 10.1. The van der Waals surface area contributed by atoms with Gasteiger partial charge < -0.3 is 14.2 Å². The monoisotopic (exact) mass is 304 g/mol. The number of methoxy groups -OCH3 is 1. The lowest BCUT2D eigenvalue weighted by Crippen LogP contribution is -2.12. The first-order valence-electron chi connectivity index (χ1n) is 8.05. The number of hydrogen-bond acceptors (Lipinski definition) is 3. The third-order valence-electron chi connectivity index (χ3n) is 3.44. The molecule has 0 bridgehead atoms. The molecule has 0 aliphatic heterocycles. The summed E-state index contributed by atoms with van der Waals surface area (Å²) >= 11 is 0. The van der Waals surface area contributed by atoms with Crippen LogP contribution in [0.25, 0.3) is 0 Å². The molecule has 1 rings (SSSR count). The maximum Gasteiger partial charge on any atom is 0.148 e. The first-order chi connectivity index (χ1) is 10.9. The lowest BCUT2D eigenvalue weighted by molar-refractivity contribution is -0.0548. The van der Waals surface area contributed by atoms with Crippen molar-refractivity contribution in [3.05, 3.63) is 35.9 Å². The number of benzene rings is 1. The lowest BCUT2D eigenvalue weighted by Gasteiger charge is -2.11. The Hall–Kier alpha value is -1.34. The first-order valence-corrected chi connectivity index (χ1v) is 8.05. The molecule has 3 heteroatoms. The highest BCUT2D eigenvalue weighted by atomic mass is 16.7. The molecule has 0 fully saturated rings. The Morgan fingerprint density at radius 2 is 1.77 bits per heavy atom. The molecule has 1 atom stereocenters. The summed E-state index contributed by atoms with van der Waals surface area (Å²) in [5, 5.41) is 0. The van der Waals surface area contributed by atoms with E-state index >= 15 is 0 Å². The van der Waals surface area contributed by atoms with E-state index in [4.69, 9.17) is 20.6 Å². The van der Waals surface area contributed by atoms with Crippen LogP contribution in [0.5, 0.6) is 0 Å². The minimum absolute atomic E-state index is 0.117. The summed E-state index contributed by atoms with van der Waals surface area (Å²) in [5.41, 5.74) is 1.24. The van der Waals surface area contributed by atoms with E-state index in [1.54, 1.807) is 7.11 Å². The van der Waals surface area contributed by atoms with Gasteiger partial charge in [-0.1, -0.05) is 55.5 Å². The van der Waals surface area contributed by atoms with E-state index in [0.717, 1.165) is 25.9 Å². The molecule has 0 amide bonds. The van der Waals surface area contributed by atoms with Gasteiger partial charge in [-0.05, 0) is 24.8 Å². The van der Waals surface area contributed by atoms with Crippen molar-refractivity contribution in [2.45, 2.75) is 51.2 Å². The molecular formula is C19H28O3. The number of terminal acetylenes is 1. The van der Waals surface area contributed by atoms with Crippen LogP contribution in [-0.4, -0.2) is 26.6 Å². The van der Waals surface area contributed by atoms with Crippen molar-refractivity contribution in [2.75, 3.05) is 20.5 Å². The fourth-order valence-electron chi connectivity index (χ4n) is 2.19. The number of ether oxygens (including phenoxy) is 3. The summed E-state index contributed by atoms with van der Waals surface area (Å²) in [7, 11) is 1.60. The van der Waals surface area contributed by atoms with Crippen LogP contribution in [0, 0.1) is 12.3 Å². The smallest absolute Gasteiger partial charge is 0.148 e. The summed E-state index contributed by atoms with van der Waals surface area (Å²) in [6.07, 6.45) is 12.0. The average Bonchev–Trinajstić information content (AvgIpc) is 2.57. The van der Waals surface area contributed by atoms with Gasteiger partial charge in [0.25, 0.3) is 0 Å². The molecule has 1 aromatic rings. The van der Waals surface area contributed by atoms with E-state index in [0.29, 0.717) is 6.61 Å². The molecule has 0 radical (unpaired) electrons. The van der Waals surface area contributed by atoms with Gasteiger partial charge in [0.05, 0.1) is 6.61 Å². The van der Waals surface area contributed by atoms with Gasteiger partial charge in [0.2, 0.25) is 0 Å². The fraction of sp³-hybridized carbons (Fsp3) is 0.579. The number of hydrogen-bond donors (Lipinski definition) is 0. The van der Waals surface area contributed by atoms with E-state index in [-0.39, 0.29) is 12.9 Å². The van der Waals surface area contributed by atoms with Crippen LogP contribution >= 0.6 is 0 Å². The van der Waals surface area contributed by atoms with Crippen molar-refractivity contribution in [2.24, 2.45) is 0 Å². The molecule has 0 aliphatic rings. The third kappa shape index (κ3) is 9.57. The van der Waals surface area contributed by atoms with E-state index in [1.807, 2.05) is 18.2 Å². The van der Waals surface area contributed by atoms with Gasteiger partial charge in [-0.2, -0.15) is 0 Å². The highest BCUT2D eigenvalue weighted by Gasteiger charge is 2.04. The second kappa shape index (κ2) is 13.3. The molecule has 0 heterocycles. The van der Waals surface area contributed by atoms with Crippen LogP contribution in [0.15, 0.2) is 30.3 Å². The fourth-order valence-corrected chi connectivity index (χ4v) is 2.19. The predicted octanol–water partition coefficient (Wildman–Crippen LogP) is 4.17. The van der Waals surface area contributed by atoms with Gasteiger partial charge in [-0.25, -0.2) is 0 Å². The first kappa shape index (κ1) is 18.7. The minimum atomic E-state index is -0.117. The van der Waals surface area contributed by atoms with Crippen LogP contribution in [0.1, 0.15) is 44.1 Å². The molecular weight excluding hydrogens is 276 g/mol. The Balaban J connectivity index is 1.88. The summed E-state index contributed by atoms with van der Waals surface area (Å²) < 4.78 is 15.9. The van der Waals surface area contributed by atoms with Crippen molar-refractivity contribution in [1.82, 2.24) is 0 Å². The number of rotatable bonds is 13. The maximum absolute atomic E-state index is 5.67. The predicted molar refractivity (Wildman–Crippen MR) is 89.4 cm³/mol. The standard InChI is InChI=1S/C19H28O3/c1-3-19(22-17-20-2)14-10-5-4-6-11-15-21-16-18-12-8-7-9-13-18/h1,7-9,12-13,19H,4-6,10-11,14-17H2,2H3/t19-/m0/s1. The van der Waals surface area contributed by atoms with Crippen molar-refractivity contribution in [3.63, 3.8) is 0 Å². The van der Waals surface area contributed by atoms with Crippen LogP contribution in [-0.2, 0) is 20.8 Å². The second-order valence-electron chi connectivity index (χ2n) is 5.32. The van der Waals surface area contributed by atoms with Crippen molar-refractivity contribution in [3.8, 4) is 12.3 Å². The van der Waals surface area contributed by atoms with Gasteiger partial charge in [0.1, 0.15) is 12.9 Å². The van der Waals surface area contributed by atoms with Crippen molar-refractivity contribution in [1.29, 1.82) is 0 Å². The molecule has 0 N–H and O–H groups in total. The Bertz CT molecular complexity index is 397. The summed E-state index contributed by atoms with van der Waals surface area (Å²) in [5.74, 6) is 2.65. The Kier molecular flexibility index (Phi) is 11.3. The molecule has 22 heavy (non-hydrogen) atoms. The molecule has 122 valence electrons. The quantitative estimate of drug-likeness (QED) is 0.311. The zero-order chi connectivity index (χ0) is 15.9. The molecule has 1 aromatic carbocycles. The van der Waals surface area contributed by atoms with Gasteiger partial charge in [0.15, 0.2) is 0 Å². The van der Waals surface area contributed by atoms with Crippen LogP contribution in [0.4, 0.5) is 0 Å². The van der Waals surface area contributed by atoms with Crippen molar-refractivity contribution >= 4 is 0 Å². The SMILES string of the molecule is C#C[C@@H](CCCCCCCOCc1ccccc1)OCOC. The Morgan fingerprint density at radius 3 is 2.50 bits per heavy atom. The van der Waals surface area contributed by atoms with E-state index < -0.39 is 0 Å². The maximum atomic E-state index is 5.67. The molecule has 0 saturated heterocycles. The normalized spacial score (nSPS) is 12.0. The zero-order valence-corrected chi connectivity index (χ0v) is 13.6. The average molecular weight is 304 g/mol. The van der Waals surface area contributed by atoms with E-state index in [9.17, 15) is 0 Å². The zero-order valence-electron chi connectivity index (χ0n) is 13.6. The summed E-state index contributed by atoms with van der Waals surface area (Å²) in [6, 6.07) is 10.3. The van der Waals surface area contributed by atoms with Gasteiger partial charge in [0, 0.05) is 13.7 Å². The van der Waals surface area contributed by atoms with Gasteiger partial charge in [-0.15, -0.1) is 6.42 Å². The van der Waals surface area contributed by atoms with Gasteiger partial charge in [-0.3, -0.25) is 0 Å². The number of unbranched alkanes of at least 4 members (excludes halogenated alkanes) is 4. The largest absolute Gasteiger partial charge is 0.377 e. The van der Waals surface area contributed by atoms with Crippen LogP contribution in [0.3, 0.4) is 0 Å². The van der Waals surface area contributed by atoms with Gasteiger partial charge >= 0.3 is 0 Å². The Morgan fingerprint density at radius 1 is 1.05 bits per heavy atom. The Labute approximate surface area is 135 Å². The van der Waals surface area contributed by atoms with Crippen LogP contribution in [0.2, 0.25) is 0 Å². The molecule has 3 nitrogen and oxygen atoms in total. The molecule has 0 saturated carbocycles. The summed E-state index contributed by atoms with van der Waals surface area (Å²) in [6.45, 7) is 1.81. The highest BCUT2D eigenvalue weighted by Crippen LogP contribution is 2.10. The van der Waals surface area contributed by atoms with Crippen LogP contribution < -0.4 is 0 Å². The molecule has 0 aliphatic carbocycles. The minimum Gasteiger partial charge on any atom is -0.377 e. The molecule has 0 unspecified atom stereocenters. The second-order valence-corrected chi connectivity index (χ2v) is 5.32. The van der Waals surface area contributed by atoms with E-state index in [1.165, 1.54) is 24.8 Å².